The molecule has 2 atom stereocenters. The molecule has 0 N–H and O–H groups in total. The van der Waals surface area contributed by atoms with Gasteiger partial charge in [0.2, 0.25) is 0 Å². The minimum Gasteiger partial charge on any atom is -1.00 e. The standard InChI is InChI=1S/C45H32N2.2ClH.Zr/c1-45(2,41-31-21-9-11-23-33(31)43-39(41)35-25-13-15-27-37(35)46(43)29-17-5-3-6-18-29)42-32-22-10-12-24-34(32)44-40(42)36-26-14-16-28-38(36)47(44)30-19-7-4-8-20-30;;;/h3-24,27-28,41-42H,1-2H3;2*1H;/q-2;;;+4/p-2. The van der Waals surface area contributed by atoms with Crippen LogP contribution in [0.25, 0.3) is 55.7 Å². The first-order valence-corrected chi connectivity index (χ1v) is 16.5. The number of hydrogen-bond donors (Lipinski definition) is 0. The van der Waals surface area contributed by atoms with Crippen molar-refractivity contribution in [1.29, 1.82) is 0 Å². The summed E-state index contributed by atoms with van der Waals surface area (Å²) in [4.78, 5) is 0. The normalized spacial score (nSPS) is 15.3. The maximum Gasteiger partial charge on any atom is 4.00 e. The maximum atomic E-state index is 3.73. The first-order valence-electron chi connectivity index (χ1n) is 16.5. The van der Waals surface area contributed by atoms with Gasteiger partial charge < -0.3 is 33.9 Å². The Morgan fingerprint density at radius 1 is 0.480 bits per heavy atom. The molecule has 8 aromatic rings. The molecule has 0 aliphatic heterocycles. The molecule has 2 aromatic heterocycles. The number of benzene rings is 6. The molecule has 0 radical (unpaired) electrons. The van der Waals surface area contributed by atoms with Gasteiger partial charge in [-0.1, -0.05) is 110 Å². The van der Waals surface area contributed by atoms with E-state index in [0.717, 1.165) is 0 Å². The van der Waals surface area contributed by atoms with Crippen LogP contribution in [-0.4, -0.2) is 9.13 Å². The van der Waals surface area contributed by atoms with Crippen LogP contribution in [0.1, 0.15) is 47.9 Å². The molecule has 0 saturated heterocycles. The van der Waals surface area contributed by atoms with Crippen molar-refractivity contribution in [1.82, 2.24) is 9.13 Å². The van der Waals surface area contributed by atoms with Crippen LogP contribution in [0.15, 0.2) is 146 Å². The Labute approximate surface area is 324 Å². The third kappa shape index (κ3) is 4.63. The number of para-hydroxylation sites is 2. The Morgan fingerprint density at radius 2 is 0.860 bits per heavy atom. The van der Waals surface area contributed by atoms with Crippen LogP contribution in [-0.2, 0) is 26.2 Å². The molecule has 240 valence electrons. The number of nitrogens with zero attached hydrogens (tertiary/aromatic N) is 2. The SMILES string of the molecule is CC(C)(C1c2ccccc2-c2c1c1[c-]cccc1n2-c1ccccc1)C1c2ccccc2-c2c1c1[c-]cccc1n2-c1ccccc1.[Cl-].[Cl-].[Zr+4]. The van der Waals surface area contributed by atoms with E-state index in [9.17, 15) is 0 Å². The van der Waals surface area contributed by atoms with Gasteiger partial charge in [-0.25, -0.2) is 0 Å². The van der Waals surface area contributed by atoms with Crippen LogP contribution < -0.4 is 24.8 Å². The van der Waals surface area contributed by atoms with Gasteiger partial charge in [0.15, 0.2) is 0 Å². The van der Waals surface area contributed by atoms with Gasteiger partial charge in [0.05, 0.1) is 0 Å². The number of aromatic nitrogens is 2. The Hall–Kier alpha value is -4.14. The van der Waals surface area contributed by atoms with Crippen molar-refractivity contribution in [3.63, 3.8) is 0 Å². The Bertz CT molecular complexity index is 2340. The molecule has 6 aromatic carbocycles. The molecular formula is C45H32Cl2N2Zr. The minimum atomic E-state index is -0.221. The summed E-state index contributed by atoms with van der Waals surface area (Å²) >= 11 is 0. The predicted octanol–water partition coefficient (Wildman–Crippen LogP) is 5.13. The molecule has 2 heterocycles. The topological polar surface area (TPSA) is 9.86 Å². The van der Waals surface area contributed by atoms with Crippen LogP contribution in [0, 0.1) is 17.5 Å². The molecule has 0 fully saturated rings. The number of hydrogen-bond acceptors (Lipinski definition) is 0. The molecular weight excluding hydrogens is 731 g/mol. The van der Waals surface area contributed by atoms with E-state index >= 15 is 0 Å². The molecule has 0 saturated carbocycles. The first kappa shape index (κ1) is 34.3. The second kappa shape index (κ2) is 12.9. The zero-order valence-corrected chi connectivity index (χ0v) is 31.6. The van der Waals surface area contributed by atoms with Crippen molar-refractivity contribution in [2.24, 2.45) is 5.41 Å². The Morgan fingerprint density at radius 3 is 1.28 bits per heavy atom. The van der Waals surface area contributed by atoms with E-state index in [1.165, 1.54) is 77.9 Å². The molecule has 5 heteroatoms. The van der Waals surface area contributed by atoms with Crippen molar-refractivity contribution in [3.05, 3.63) is 180 Å². The maximum absolute atomic E-state index is 3.73. The summed E-state index contributed by atoms with van der Waals surface area (Å²) in [6.07, 6.45) is 0. The summed E-state index contributed by atoms with van der Waals surface area (Å²) in [7, 11) is 0. The molecule has 0 spiro atoms. The second-order valence-electron chi connectivity index (χ2n) is 13.6. The smallest absolute Gasteiger partial charge is 1.00 e. The fraction of sp³-hybridized carbons (Fsp3) is 0.111. The summed E-state index contributed by atoms with van der Waals surface area (Å²) in [6.45, 7) is 5.01. The van der Waals surface area contributed by atoms with Crippen LogP contribution >= 0.6 is 0 Å². The van der Waals surface area contributed by atoms with Crippen LogP contribution in [0.5, 0.6) is 0 Å². The summed E-state index contributed by atoms with van der Waals surface area (Å²) in [6, 6.07) is 60.2. The number of rotatable bonds is 4. The molecule has 2 unspecified atom stereocenters. The van der Waals surface area contributed by atoms with Crippen molar-refractivity contribution in [3.8, 4) is 33.9 Å². The Balaban J connectivity index is 0.00000131. The molecule has 0 bridgehead atoms. The number of fused-ring (bicyclic) bond motifs is 10. The van der Waals surface area contributed by atoms with E-state index in [2.05, 4.69) is 181 Å². The molecule has 0 amide bonds. The molecule has 10 rings (SSSR count). The van der Waals surface area contributed by atoms with Crippen molar-refractivity contribution < 1.29 is 51.0 Å². The molecule has 2 nitrogen and oxygen atoms in total. The van der Waals surface area contributed by atoms with Crippen molar-refractivity contribution in [2.75, 3.05) is 0 Å². The van der Waals surface area contributed by atoms with Gasteiger partial charge in [-0.3, -0.25) is 0 Å². The minimum absolute atomic E-state index is 0. The van der Waals surface area contributed by atoms with Crippen LogP contribution in [0.2, 0.25) is 0 Å². The Kier molecular flexibility index (Phi) is 8.84. The average molecular weight is 763 g/mol. The molecule has 50 heavy (non-hydrogen) atoms. The third-order valence-electron chi connectivity index (χ3n) is 10.8. The van der Waals surface area contributed by atoms with E-state index in [1.807, 2.05) is 0 Å². The van der Waals surface area contributed by atoms with Gasteiger partial charge >= 0.3 is 26.2 Å². The van der Waals surface area contributed by atoms with E-state index < -0.39 is 0 Å². The largest absolute Gasteiger partial charge is 4.00 e. The van der Waals surface area contributed by atoms with Crippen LogP contribution in [0.3, 0.4) is 0 Å². The third-order valence-corrected chi connectivity index (χ3v) is 10.8. The van der Waals surface area contributed by atoms with Crippen LogP contribution in [0.4, 0.5) is 0 Å². The summed E-state index contributed by atoms with van der Waals surface area (Å²) < 4.78 is 4.94. The quantitative estimate of drug-likeness (QED) is 0.221. The van der Waals surface area contributed by atoms with E-state index in [-0.39, 0.29) is 68.3 Å². The summed E-state index contributed by atoms with van der Waals surface area (Å²) in [5, 5.41) is 2.43. The monoisotopic (exact) mass is 760 g/mol. The molecule has 2 aliphatic rings. The van der Waals surface area contributed by atoms with Gasteiger partial charge in [0, 0.05) is 22.8 Å². The predicted molar refractivity (Wildman–Crippen MR) is 193 cm³/mol. The van der Waals surface area contributed by atoms with E-state index in [1.54, 1.807) is 0 Å². The first-order chi connectivity index (χ1) is 23.1. The zero-order valence-electron chi connectivity index (χ0n) is 27.7. The summed E-state index contributed by atoms with van der Waals surface area (Å²) in [5.74, 6) is 0.283. The fourth-order valence-electron chi connectivity index (χ4n) is 9.11. The van der Waals surface area contributed by atoms with Gasteiger partial charge in [-0.05, 0) is 74.8 Å². The van der Waals surface area contributed by atoms with Crippen molar-refractivity contribution >= 4 is 21.8 Å². The van der Waals surface area contributed by atoms with Gasteiger partial charge in [0.25, 0.3) is 0 Å². The van der Waals surface area contributed by atoms with E-state index in [0.29, 0.717) is 0 Å². The second-order valence-corrected chi connectivity index (χ2v) is 13.6. The molecule has 2 aliphatic carbocycles. The van der Waals surface area contributed by atoms with Gasteiger partial charge in [0.1, 0.15) is 0 Å². The zero-order chi connectivity index (χ0) is 31.3. The fourth-order valence-corrected chi connectivity index (χ4v) is 9.11. The number of halogens is 2. The van der Waals surface area contributed by atoms with E-state index in [4.69, 9.17) is 0 Å². The average Bonchev–Trinajstić information content (AvgIpc) is 3.84. The van der Waals surface area contributed by atoms with Gasteiger partial charge in [-0.2, -0.15) is 0 Å². The van der Waals surface area contributed by atoms with Gasteiger partial charge in [-0.15, -0.1) is 59.3 Å². The van der Waals surface area contributed by atoms with Crippen molar-refractivity contribution in [2.45, 2.75) is 25.7 Å². The summed E-state index contributed by atoms with van der Waals surface area (Å²) in [5.41, 5.74) is 15.4.